The largest absolute Gasteiger partial charge is 0.466 e. The molecule has 0 aromatic carbocycles. The lowest BCUT2D eigenvalue weighted by molar-refractivity contribution is 0.0346. The number of furan rings is 1. The molecule has 1 aromatic heterocycles. The monoisotopic (exact) mass is 243 g/mol. The molecule has 2 N–H and O–H groups in total. The Morgan fingerprint density at radius 2 is 2.38 bits per heavy atom. The second kappa shape index (κ2) is 6.99. The molecule has 0 amide bonds. The van der Waals surface area contributed by atoms with Crippen LogP contribution in [0.3, 0.4) is 0 Å². The molecule has 16 heavy (non-hydrogen) atoms. The van der Waals surface area contributed by atoms with E-state index < -0.39 is 5.60 Å². The third-order valence-corrected chi connectivity index (χ3v) is 3.35. The first-order chi connectivity index (χ1) is 7.67. The molecule has 0 bridgehead atoms. The number of thioether (sulfide) groups is 1. The highest BCUT2D eigenvalue weighted by atomic mass is 32.2. The van der Waals surface area contributed by atoms with Crippen molar-refractivity contribution >= 4 is 11.8 Å². The Kier molecular flexibility index (Phi) is 5.95. The minimum Gasteiger partial charge on any atom is -0.466 e. The van der Waals surface area contributed by atoms with Crippen LogP contribution in [0.1, 0.15) is 26.0 Å². The van der Waals surface area contributed by atoms with Crippen LogP contribution in [0.4, 0.5) is 0 Å². The van der Waals surface area contributed by atoms with Gasteiger partial charge in [-0.1, -0.05) is 6.92 Å². The Morgan fingerprint density at radius 1 is 1.56 bits per heavy atom. The molecule has 0 aliphatic rings. The smallest absolute Gasteiger partial charge is 0.136 e. The summed E-state index contributed by atoms with van der Waals surface area (Å²) in [6.45, 7) is 5.39. The first-order valence-corrected chi connectivity index (χ1v) is 6.87. The molecule has 0 aliphatic carbocycles. The lowest BCUT2D eigenvalue weighted by Crippen LogP contribution is -2.35. The van der Waals surface area contributed by atoms with E-state index in [1.54, 1.807) is 25.3 Å². The van der Waals surface area contributed by atoms with Gasteiger partial charge in [0, 0.05) is 6.54 Å². The molecule has 1 heterocycles. The van der Waals surface area contributed by atoms with Crippen molar-refractivity contribution in [3.05, 3.63) is 24.2 Å². The zero-order valence-electron chi connectivity index (χ0n) is 10.0. The third-order valence-electron chi connectivity index (χ3n) is 2.37. The van der Waals surface area contributed by atoms with Crippen LogP contribution in [-0.4, -0.2) is 29.7 Å². The van der Waals surface area contributed by atoms with Crippen LogP contribution in [-0.2, 0) is 5.60 Å². The van der Waals surface area contributed by atoms with Gasteiger partial charge in [0.05, 0.1) is 6.26 Å². The average molecular weight is 243 g/mol. The molecular weight excluding hydrogens is 222 g/mol. The topological polar surface area (TPSA) is 45.4 Å². The highest BCUT2D eigenvalue weighted by molar-refractivity contribution is 7.99. The molecule has 1 atom stereocenters. The molecule has 4 heteroatoms. The standard InChI is InChI=1S/C12H21NO2S/c1-3-16-9-5-7-13-10-12(2,14)11-6-4-8-15-11/h4,6,8,13-14H,3,5,7,9-10H2,1-2H3. The maximum atomic E-state index is 10.1. The van der Waals surface area contributed by atoms with Crippen LogP contribution in [0, 0.1) is 0 Å². The fourth-order valence-corrected chi connectivity index (χ4v) is 2.08. The van der Waals surface area contributed by atoms with E-state index in [1.165, 1.54) is 11.5 Å². The summed E-state index contributed by atoms with van der Waals surface area (Å²) in [6, 6.07) is 3.59. The first-order valence-electron chi connectivity index (χ1n) is 5.71. The molecule has 1 unspecified atom stereocenters. The molecule has 0 fully saturated rings. The molecule has 1 rings (SSSR count). The SMILES string of the molecule is CCSCCCNCC(C)(O)c1ccco1. The maximum absolute atomic E-state index is 10.1. The highest BCUT2D eigenvalue weighted by Gasteiger charge is 2.25. The van der Waals surface area contributed by atoms with E-state index in [0.29, 0.717) is 12.3 Å². The Balaban J connectivity index is 2.17. The lowest BCUT2D eigenvalue weighted by Gasteiger charge is -2.21. The lowest BCUT2D eigenvalue weighted by atomic mass is 10.0. The first kappa shape index (κ1) is 13.6. The van der Waals surface area contributed by atoms with Crippen LogP contribution in [0.15, 0.2) is 22.8 Å². The van der Waals surface area contributed by atoms with Crippen molar-refractivity contribution in [3.63, 3.8) is 0 Å². The van der Waals surface area contributed by atoms with Gasteiger partial charge in [-0.15, -0.1) is 0 Å². The van der Waals surface area contributed by atoms with Crippen molar-refractivity contribution in [1.82, 2.24) is 5.32 Å². The maximum Gasteiger partial charge on any atom is 0.136 e. The van der Waals surface area contributed by atoms with Gasteiger partial charge in [0.2, 0.25) is 0 Å². The second-order valence-corrected chi connectivity index (χ2v) is 5.37. The minimum absolute atomic E-state index is 0.525. The van der Waals surface area contributed by atoms with E-state index >= 15 is 0 Å². The quantitative estimate of drug-likeness (QED) is 0.687. The molecule has 0 spiro atoms. The fourth-order valence-electron chi connectivity index (χ4n) is 1.45. The Bertz CT molecular complexity index is 273. The molecule has 0 radical (unpaired) electrons. The van der Waals surface area contributed by atoms with Crippen molar-refractivity contribution in [3.8, 4) is 0 Å². The Labute approximate surface area is 102 Å². The van der Waals surface area contributed by atoms with E-state index in [0.717, 1.165) is 13.0 Å². The number of aliphatic hydroxyl groups is 1. The summed E-state index contributed by atoms with van der Waals surface area (Å²) in [7, 11) is 0. The summed E-state index contributed by atoms with van der Waals surface area (Å²) < 4.78 is 5.20. The van der Waals surface area contributed by atoms with Gasteiger partial charge < -0.3 is 14.8 Å². The van der Waals surface area contributed by atoms with Crippen molar-refractivity contribution in [2.45, 2.75) is 25.9 Å². The predicted octanol–water partition coefficient (Wildman–Crippen LogP) is 2.22. The number of hydrogen-bond acceptors (Lipinski definition) is 4. The van der Waals surface area contributed by atoms with E-state index in [4.69, 9.17) is 4.42 Å². The molecule has 3 nitrogen and oxygen atoms in total. The van der Waals surface area contributed by atoms with Gasteiger partial charge in [-0.2, -0.15) is 11.8 Å². The predicted molar refractivity (Wildman–Crippen MR) is 68.8 cm³/mol. The summed E-state index contributed by atoms with van der Waals surface area (Å²) in [6.07, 6.45) is 2.72. The molecule has 0 aliphatic heterocycles. The van der Waals surface area contributed by atoms with Gasteiger partial charge >= 0.3 is 0 Å². The summed E-state index contributed by atoms with van der Waals surface area (Å²) >= 11 is 1.94. The van der Waals surface area contributed by atoms with E-state index in [2.05, 4.69) is 12.2 Å². The molecule has 1 aromatic rings. The zero-order valence-corrected chi connectivity index (χ0v) is 10.8. The highest BCUT2D eigenvalue weighted by Crippen LogP contribution is 2.19. The molecule has 92 valence electrons. The van der Waals surface area contributed by atoms with Crippen LogP contribution in [0.5, 0.6) is 0 Å². The minimum atomic E-state index is -0.915. The summed E-state index contributed by atoms with van der Waals surface area (Å²) in [5.41, 5.74) is -0.915. The van der Waals surface area contributed by atoms with Gasteiger partial charge in [0.15, 0.2) is 0 Å². The Hall–Kier alpha value is -0.450. The van der Waals surface area contributed by atoms with Crippen LogP contribution in [0.2, 0.25) is 0 Å². The third kappa shape index (κ3) is 4.60. The van der Waals surface area contributed by atoms with Gasteiger partial charge in [0.25, 0.3) is 0 Å². The van der Waals surface area contributed by atoms with Crippen molar-refractivity contribution in [2.24, 2.45) is 0 Å². The Morgan fingerprint density at radius 3 is 3.00 bits per heavy atom. The zero-order chi connectivity index (χ0) is 11.9. The van der Waals surface area contributed by atoms with Gasteiger partial charge in [0.1, 0.15) is 11.4 Å². The van der Waals surface area contributed by atoms with Gasteiger partial charge in [-0.3, -0.25) is 0 Å². The van der Waals surface area contributed by atoms with Crippen molar-refractivity contribution in [1.29, 1.82) is 0 Å². The van der Waals surface area contributed by atoms with E-state index in [1.807, 2.05) is 11.8 Å². The van der Waals surface area contributed by atoms with Crippen LogP contribution in [0.25, 0.3) is 0 Å². The summed E-state index contributed by atoms with van der Waals surface area (Å²) in [5, 5.41) is 13.4. The summed E-state index contributed by atoms with van der Waals surface area (Å²) in [4.78, 5) is 0. The van der Waals surface area contributed by atoms with Gasteiger partial charge in [-0.05, 0) is 43.5 Å². The number of rotatable bonds is 8. The molecular formula is C12H21NO2S. The normalized spacial score (nSPS) is 14.9. The van der Waals surface area contributed by atoms with Crippen molar-refractivity contribution < 1.29 is 9.52 Å². The fraction of sp³-hybridized carbons (Fsp3) is 0.667. The van der Waals surface area contributed by atoms with Crippen LogP contribution >= 0.6 is 11.8 Å². The molecule has 0 saturated heterocycles. The number of hydrogen-bond donors (Lipinski definition) is 2. The van der Waals surface area contributed by atoms with Crippen molar-refractivity contribution in [2.75, 3.05) is 24.6 Å². The second-order valence-electron chi connectivity index (χ2n) is 3.98. The van der Waals surface area contributed by atoms with Crippen LogP contribution < -0.4 is 5.32 Å². The average Bonchev–Trinajstić information content (AvgIpc) is 2.77. The summed E-state index contributed by atoms with van der Waals surface area (Å²) in [5.74, 6) is 2.96. The van der Waals surface area contributed by atoms with Gasteiger partial charge in [-0.25, -0.2) is 0 Å². The molecule has 0 saturated carbocycles. The van der Waals surface area contributed by atoms with E-state index in [-0.39, 0.29) is 0 Å². The van der Waals surface area contributed by atoms with E-state index in [9.17, 15) is 5.11 Å². The number of nitrogens with one attached hydrogen (secondary N) is 1.